The van der Waals surface area contributed by atoms with Gasteiger partial charge in [-0.3, -0.25) is 4.72 Å². The number of benzene rings is 2. The van der Waals surface area contributed by atoms with Crippen LogP contribution in [0.5, 0.6) is 5.75 Å². The molecule has 0 unspecified atom stereocenters. The molecule has 0 spiro atoms. The van der Waals surface area contributed by atoms with Crippen LogP contribution in [-0.2, 0) is 10.0 Å². The molecule has 0 aliphatic heterocycles. The molecule has 0 atom stereocenters. The molecule has 2 aromatic carbocycles. The average Bonchev–Trinajstić information content (AvgIpc) is 2.42. The van der Waals surface area contributed by atoms with Crippen molar-refractivity contribution in [2.75, 3.05) is 11.8 Å². The lowest BCUT2D eigenvalue weighted by atomic mass is 10.3. The fourth-order valence-electron chi connectivity index (χ4n) is 1.63. The van der Waals surface area contributed by atoms with Crippen LogP contribution in [0.25, 0.3) is 0 Å². The molecule has 1 N–H and O–H groups in total. The molecule has 2 rings (SSSR count). The van der Waals surface area contributed by atoms with Gasteiger partial charge in [0.05, 0.1) is 12.8 Å². The minimum atomic E-state index is -3.85. The van der Waals surface area contributed by atoms with E-state index in [1.54, 1.807) is 12.1 Å². The van der Waals surface area contributed by atoms with Crippen molar-refractivity contribution in [3.8, 4) is 5.75 Å². The molecule has 0 radical (unpaired) electrons. The van der Waals surface area contributed by atoms with Crippen LogP contribution in [0.15, 0.2) is 45.8 Å². The monoisotopic (exact) mass is 485 g/mol. The van der Waals surface area contributed by atoms with Crippen molar-refractivity contribution in [3.05, 3.63) is 50.3 Å². The van der Waals surface area contributed by atoms with Crippen LogP contribution in [0.3, 0.4) is 0 Å². The van der Waals surface area contributed by atoms with Crippen molar-refractivity contribution in [3.63, 3.8) is 0 Å². The Bertz CT molecular complexity index is 783. The first-order valence-electron chi connectivity index (χ1n) is 5.65. The van der Waals surface area contributed by atoms with Gasteiger partial charge in [-0.15, -0.1) is 0 Å². The van der Waals surface area contributed by atoms with Crippen molar-refractivity contribution in [2.24, 2.45) is 0 Å². The van der Waals surface area contributed by atoms with Gasteiger partial charge in [-0.25, -0.2) is 12.8 Å². The van der Waals surface area contributed by atoms with Crippen LogP contribution >= 0.6 is 38.5 Å². The van der Waals surface area contributed by atoms with Crippen LogP contribution < -0.4 is 9.46 Å². The van der Waals surface area contributed by atoms with E-state index in [4.69, 9.17) is 4.74 Å². The first kappa shape index (κ1) is 16.5. The maximum Gasteiger partial charge on any atom is 0.265 e. The largest absolute Gasteiger partial charge is 0.495 e. The molecular formula is C13H10BrFINO3S. The summed E-state index contributed by atoms with van der Waals surface area (Å²) in [5.74, 6) is -0.204. The Labute approximate surface area is 144 Å². The van der Waals surface area contributed by atoms with Gasteiger partial charge in [0.25, 0.3) is 10.0 Å². The SMILES string of the molecule is COc1ccc(Br)cc1S(=O)(=O)Nc1ccc(F)cc1I. The summed E-state index contributed by atoms with van der Waals surface area (Å²) in [7, 11) is -2.45. The third kappa shape index (κ3) is 3.86. The zero-order valence-electron chi connectivity index (χ0n) is 10.7. The van der Waals surface area contributed by atoms with Crippen molar-refractivity contribution < 1.29 is 17.5 Å². The summed E-state index contributed by atoms with van der Waals surface area (Å²) in [4.78, 5) is -0.000463. The summed E-state index contributed by atoms with van der Waals surface area (Å²) in [6, 6.07) is 8.49. The predicted octanol–water partition coefficient (Wildman–Crippen LogP) is 4.00. The average molecular weight is 486 g/mol. The third-order valence-corrected chi connectivity index (χ3v) is 5.36. The summed E-state index contributed by atoms with van der Waals surface area (Å²) in [5.41, 5.74) is 0.305. The maximum absolute atomic E-state index is 13.1. The Morgan fingerprint density at radius 3 is 2.57 bits per heavy atom. The van der Waals surface area contributed by atoms with Crippen LogP contribution in [0.1, 0.15) is 0 Å². The summed E-state index contributed by atoms with van der Waals surface area (Å²) in [6.45, 7) is 0. The van der Waals surface area contributed by atoms with Crippen molar-refractivity contribution in [1.29, 1.82) is 0 Å². The van der Waals surface area contributed by atoms with E-state index in [2.05, 4.69) is 20.7 Å². The van der Waals surface area contributed by atoms with E-state index >= 15 is 0 Å². The summed E-state index contributed by atoms with van der Waals surface area (Å²) in [6.07, 6.45) is 0. The van der Waals surface area contributed by atoms with Gasteiger partial charge in [0, 0.05) is 8.04 Å². The zero-order chi connectivity index (χ0) is 15.6. The molecular weight excluding hydrogens is 476 g/mol. The number of hydrogen-bond donors (Lipinski definition) is 1. The number of rotatable bonds is 4. The highest BCUT2D eigenvalue weighted by Gasteiger charge is 2.21. The Kier molecular flexibility index (Phi) is 5.10. The standard InChI is InChI=1S/C13H10BrFINO3S/c1-20-12-5-2-8(14)6-13(12)21(18,19)17-11-4-3-9(15)7-10(11)16/h2-7,17H,1H3. The van der Waals surface area contributed by atoms with Gasteiger partial charge in [-0.1, -0.05) is 15.9 Å². The van der Waals surface area contributed by atoms with Crippen LogP contribution in [-0.4, -0.2) is 15.5 Å². The van der Waals surface area contributed by atoms with E-state index in [-0.39, 0.29) is 10.6 Å². The number of ether oxygens (including phenoxy) is 1. The van der Waals surface area contributed by atoms with E-state index in [1.165, 1.54) is 31.4 Å². The second-order valence-electron chi connectivity index (χ2n) is 4.02. The fraction of sp³-hybridized carbons (Fsp3) is 0.0769. The van der Waals surface area contributed by atoms with Crippen LogP contribution in [0, 0.1) is 9.39 Å². The Hall–Kier alpha value is -0.870. The first-order chi connectivity index (χ1) is 9.83. The number of nitrogens with one attached hydrogen (secondary N) is 1. The van der Waals surface area contributed by atoms with E-state index in [9.17, 15) is 12.8 Å². The number of anilines is 1. The Morgan fingerprint density at radius 2 is 1.95 bits per heavy atom. The molecule has 0 saturated carbocycles. The summed E-state index contributed by atoms with van der Waals surface area (Å²) >= 11 is 5.09. The van der Waals surface area contributed by atoms with Gasteiger partial charge in [0.2, 0.25) is 0 Å². The van der Waals surface area contributed by atoms with Crippen LogP contribution in [0.4, 0.5) is 10.1 Å². The van der Waals surface area contributed by atoms with Crippen molar-refractivity contribution in [1.82, 2.24) is 0 Å². The number of hydrogen-bond acceptors (Lipinski definition) is 3. The molecule has 0 aliphatic rings. The minimum Gasteiger partial charge on any atom is -0.495 e. The Morgan fingerprint density at radius 1 is 1.24 bits per heavy atom. The molecule has 2 aromatic rings. The lowest BCUT2D eigenvalue weighted by molar-refractivity contribution is 0.403. The molecule has 0 bridgehead atoms. The van der Waals surface area contributed by atoms with Crippen molar-refractivity contribution >= 4 is 54.2 Å². The quantitative estimate of drug-likeness (QED) is 0.666. The fourth-order valence-corrected chi connectivity index (χ4v) is 4.22. The molecule has 8 heteroatoms. The van der Waals surface area contributed by atoms with E-state index in [1.807, 2.05) is 22.6 Å². The van der Waals surface area contributed by atoms with E-state index in [0.717, 1.165) is 0 Å². The van der Waals surface area contributed by atoms with Gasteiger partial charge in [0.1, 0.15) is 16.5 Å². The van der Waals surface area contributed by atoms with E-state index < -0.39 is 15.8 Å². The first-order valence-corrected chi connectivity index (χ1v) is 9.00. The van der Waals surface area contributed by atoms with Gasteiger partial charge in [0.15, 0.2) is 0 Å². The number of halogens is 3. The van der Waals surface area contributed by atoms with Crippen LogP contribution in [0.2, 0.25) is 0 Å². The van der Waals surface area contributed by atoms with Gasteiger partial charge in [-0.2, -0.15) is 0 Å². The Balaban J connectivity index is 2.45. The number of sulfonamides is 1. The normalized spacial score (nSPS) is 11.2. The molecule has 112 valence electrons. The molecule has 0 aromatic heterocycles. The highest BCUT2D eigenvalue weighted by atomic mass is 127. The molecule has 21 heavy (non-hydrogen) atoms. The van der Waals surface area contributed by atoms with Gasteiger partial charge >= 0.3 is 0 Å². The third-order valence-electron chi connectivity index (χ3n) is 2.59. The molecule has 0 heterocycles. The molecule has 0 aliphatic carbocycles. The summed E-state index contributed by atoms with van der Waals surface area (Å²) < 4.78 is 46.6. The smallest absolute Gasteiger partial charge is 0.265 e. The van der Waals surface area contributed by atoms with Crippen molar-refractivity contribution in [2.45, 2.75) is 4.90 Å². The zero-order valence-corrected chi connectivity index (χ0v) is 15.3. The summed E-state index contributed by atoms with van der Waals surface area (Å²) in [5, 5.41) is 0. The van der Waals surface area contributed by atoms with E-state index in [0.29, 0.717) is 13.7 Å². The highest BCUT2D eigenvalue weighted by molar-refractivity contribution is 14.1. The second kappa shape index (κ2) is 6.49. The molecule has 0 fully saturated rings. The van der Waals surface area contributed by atoms with Gasteiger partial charge in [-0.05, 0) is 59.0 Å². The van der Waals surface area contributed by atoms with Gasteiger partial charge < -0.3 is 4.74 Å². The molecule has 4 nitrogen and oxygen atoms in total. The molecule has 0 amide bonds. The minimum absolute atomic E-state index is 0.000463. The lowest BCUT2D eigenvalue weighted by Crippen LogP contribution is -2.15. The topological polar surface area (TPSA) is 55.4 Å². The lowest BCUT2D eigenvalue weighted by Gasteiger charge is -2.13. The maximum atomic E-state index is 13.1. The number of methoxy groups -OCH3 is 1. The second-order valence-corrected chi connectivity index (χ2v) is 7.75. The highest BCUT2D eigenvalue weighted by Crippen LogP contribution is 2.30. The molecule has 0 saturated heterocycles. The predicted molar refractivity (Wildman–Crippen MR) is 90.6 cm³/mol.